The molecule has 2 heterocycles. The van der Waals surface area contributed by atoms with Gasteiger partial charge in [0.1, 0.15) is 0 Å². The van der Waals surface area contributed by atoms with Crippen molar-refractivity contribution in [3.05, 3.63) is 30.2 Å². The number of carboxylic acids is 1. The number of rotatable bonds is 3. The van der Waals surface area contributed by atoms with Gasteiger partial charge in [0.2, 0.25) is 0 Å². The van der Waals surface area contributed by atoms with E-state index in [1.54, 1.807) is 29.2 Å². The zero-order valence-corrected chi connectivity index (χ0v) is 7.42. The van der Waals surface area contributed by atoms with Crippen LogP contribution in [0.15, 0.2) is 24.7 Å². The highest BCUT2D eigenvalue weighted by molar-refractivity contribution is 5.67. The maximum absolute atomic E-state index is 10.4. The predicted octanol–water partition coefficient (Wildman–Crippen LogP) is 0.746. The molecule has 0 aliphatic carbocycles. The Morgan fingerprint density at radius 2 is 2.43 bits per heavy atom. The average Bonchev–Trinajstić information content (AvgIpc) is 2.58. The van der Waals surface area contributed by atoms with Gasteiger partial charge in [-0.25, -0.2) is 9.50 Å². The Bertz CT molecular complexity index is 464. The van der Waals surface area contributed by atoms with Crippen LogP contribution in [0.1, 0.15) is 12.0 Å². The molecular formula is C9H9N3O2. The predicted molar refractivity (Wildman–Crippen MR) is 48.9 cm³/mol. The first-order chi connectivity index (χ1) is 6.77. The monoisotopic (exact) mass is 191 g/mol. The number of aliphatic carboxylic acids is 1. The molecule has 0 amide bonds. The molecule has 5 heteroatoms. The van der Waals surface area contributed by atoms with E-state index in [1.807, 2.05) is 0 Å². The van der Waals surface area contributed by atoms with Crippen LogP contribution in [-0.2, 0) is 11.2 Å². The number of hydrogen-bond acceptors (Lipinski definition) is 3. The van der Waals surface area contributed by atoms with E-state index in [1.165, 1.54) is 0 Å². The van der Waals surface area contributed by atoms with Crippen molar-refractivity contribution in [2.24, 2.45) is 0 Å². The Hall–Kier alpha value is -1.91. The summed E-state index contributed by atoms with van der Waals surface area (Å²) in [6.45, 7) is 0. The Labute approximate surface area is 80.0 Å². The van der Waals surface area contributed by atoms with Gasteiger partial charge in [-0.1, -0.05) is 0 Å². The number of carbonyl (C=O) groups is 1. The molecule has 0 spiro atoms. The van der Waals surface area contributed by atoms with Crippen LogP contribution >= 0.6 is 0 Å². The summed E-state index contributed by atoms with van der Waals surface area (Å²) in [4.78, 5) is 14.5. The molecule has 0 saturated heterocycles. The van der Waals surface area contributed by atoms with E-state index < -0.39 is 5.97 Å². The lowest BCUT2D eigenvalue weighted by Gasteiger charge is -1.94. The molecule has 0 aliphatic rings. The average molecular weight is 191 g/mol. The summed E-state index contributed by atoms with van der Waals surface area (Å²) < 4.78 is 1.64. The first-order valence-electron chi connectivity index (χ1n) is 4.26. The van der Waals surface area contributed by atoms with Gasteiger partial charge in [-0.2, -0.15) is 5.10 Å². The fraction of sp³-hybridized carbons (Fsp3) is 0.222. The van der Waals surface area contributed by atoms with Gasteiger partial charge in [0.25, 0.3) is 0 Å². The fourth-order valence-corrected chi connectivity index (χ4v) is 1.29. The van der Waals surface area contributed by atoms with E-state index >= 15 is 0 Å². The van der Waals surface area contributed by atoms with Crippen LogP contribution in [0.2, 0.25) is 0 Å². The van der Waals surface area contributed by atoms with Gasteiger partial charge in [0.15, 0.2) is 5.65 Å². The van der Waals surface area contributed by atoms with Crippen LogP contribution in [0.3, 0.4) is 0 Å². The molecule has 72 valence electrons. The van der Waals surface area contributed by atoms with Crippen LogP contribution in [0, 0.1) is 0 Å². The topological polar surface area (TPSA) is 67.5 Å². The normalized spacial score (nSPS) is 10.6. The minimum atomic E-state index is -0.805. The first kappa shape index (κ1) is 8.68. The van der Waals surface area contributed by atoms with Crippen molar-refractivity contribution < 1.29 is 9.90 Å². The van der Waals surface area contributed by atoms with Crippen LogP contribution in [0.25, 0.3) is 5.65 Å². The second kappa shape index (κ2) is 3.45. The second-order valence-electron chi connectivity index (χ2n) is 2.95. The number of fused-ring (bicyclic) bond motifs is 1. The quantitative estimate of drug-likeness (QED) is 0.777. The smallest absolute Gasteiger partial charge is 0.303 e. The Balaban J connectivity index is 2.29. The van der Waals surface area contributed by atoms with Gasteiger partial charge in [-0.15, -0.1) is 0 Å². The van der Waals surface area contributed by atoms with Crippen molar-refractivity contribution in [2.75, 3.05) is 0 Å². The molecule has 0 aromatic carbocycles. The van der Waals surface area contributed by atoms with E-state index in [2.05, 4.69) is 10.1 Å². The van der Waals surface area contributed by atoms with Crippen molar-refractivity contribution in [1.29, 1.82) is 0 Å². The van der Waals surface area contributed by atoms with E-state index in [0.29, 0.717) is 6.42 Å². The third-order valence-electron chi connectivity index (χ3n) is 1.96. The Kier molecular flexibility index (Phi) is 2.14. The maximum Gasteiger partial charge on any atom is 0.303 e. The molecule has 2 aromatic heterocycles. The lowest BCUT2D eigenvalue weighted by atomic mass is 10.2. The number of hydrogen-bond donors (Lipinski definition) is 1. The van der Waals surface area contributed by atoms with Crippen LogP contribution < -0.4 is 0 Å². The number of aryl methyl sites for hydroxylation is 1. The summed E-state index contributed by atoms with van der Waals surface area (Å²) in [6, 6.07) is 1.78. The molecule has 0 radical (unpaired) electrons. The van der Waals surface area contributed by atoms with Crippen LogP contribution in [0.4, 0.5) is 0 Å². The lowest BCUT2D eigenvalue weighted by Crippen LogP contribution is -1.97. The number of aromatic nitrogens is 3. The fourth-order valence-electron chi connectivity index (χ4n) is 1.29. The zero-order valence-electron chi connectivity index (χ0n) is 7.42. The SMILES string of the molecule is O=C(O)CCc1cnn2cccnc12. The molecular weight excluding hydrogens is 182 g/mol. The highest BCUT2D eigenvalue weighted by Gasteiger charge is 2.06. The van der Waals surface area contributed by atoms with Gasteiger partial charge in [0.05, 0.1) is 6.20 Å². The molecule has 0 bridgehead atoms. The second-order valence-corrected chi connectivity index (χ2v) is 2.95. The first-order valence-corrected chi connectivity index (χ1v) is 4.26. The Morgan fingerprint density at radius 1 is 1.57 bits per heavy atom. The molecule has 0 atom stereocenters. The zero-order chi connectivity index (χ0) is 9.97. The molecule has 1 N–H and O–H groups in total. The molecule has 2 aromatic rings. The van der Waals surface area contributed by atoms with Crippen molar-refractivity contribution in [3.8, 4) is 0 Å². The van der Waals surface area contributed by atoms with Crippen molar-refractivity contribution >= 4 is 11.6 Å². The molecule has 0 aliphatic heterocycles. The number of nitrogens with zero attached hydrogens (tertiary/aromatic N) is 3. The molecule has 2 rings (SSSR count). The van der Waals surface area contributed by atoms with E-state index in [4.69, 9.17) is 5.11 Å². The molecule has 5 nitrogen and oxygen atoms in total. The highest BCUT2D eigenvalue weighted by Crippen LogP contribution is 2.08. The molecule has 0 saturated carbocycles. The highest BCUT2D eigenvalue weighted by atomic mass is 16.4. The summed E-state index contributed by atoms with van der Waals surface area (Å²) in [5, 5.41) is 12.6. The Morgan fingerprint density at radius 3 is 3.21 bits per heavy atom. The largest absolute Gasteiger partial charge is 0.481 e. The van der Waals surface area contributed by atoms with Gasteiger partial charge in [0, 0.05) is 24.4 Å². The minimum absolute atomic E-state index is 0.109. The van der Waals surface area contributed by atoms with Gasteiger partial charge in [-0.05, 0) is 12.5 Å². The van der Waals surface area contributed by atoms with E-state index in [0.717, 1.165) is 11.2 Å². The summed E-state index contributed by atoms with van der Waals surface area (Å²) in [5.41, 5.74) is 1.60. The summed E-state index contributed by atoms with van der Waals surface area (Å²) in [6.07, 6.45) is 5.69. The summed E-state index contributed by atoms with van der Waals surface area (Å²) >= 11 is 0. The van der Waals surface area contributed by atoms with Crippen molar-refractivity contribution in [2.45, 2.75) is 12.8 Å². The van der Waals surface area contributed by atoms with Crippen LogP contribution in [-0.4, -0.2) is 25.7 Å². The number of carboxylic acid groups (broad SMARTS) is 1. The molecule has 14 heavy (non-hydrogen) atoms. The lowest BCUT2D eigenvalue weighted by molar-refractivity contribution is -0.136. The van der Waals surface area contributed by atoms with E-state index in [9.17, 15) is 4.79 Å². The van der Waals surface area contributed by atoms with Crippen molar-refractivity contribution in [3.63, 3.8) is 0 Å². The summed E-state index contributed by atoms with van der Waals surface area (Å²) in [5.74, 6) is -0.805. The summed E-state index contributed by atoms with van der Waals surface area (Å²) in [7, 11) is 0. The van der Waals surface area contributed by atoms with Gasteiger partial charge in [-0.3, -0.25) is 4.79 Å². The maximum atomic E-state index is 10.4. The van der Waals surface area contributed by atoms with Crippen molar-refractivity contribution in [1.82, 2.24) is 14.6 Å². The third-order valence-corrected chi connectivity index (χ3v) is 1.96. The van der Waals surface area contributed by atoms with Gasteiger partial charge < -0.3 is 5.11 Å². The minimum Gasteiger partial charge on any atom is -0.481 e. The standard InChI is InChI=1S/C9H9N3O2/c13-8(14)3-2-7-6-11-12-5-1-4-10-9(7)12/h1,4-6H,2-3H2,(H,13,14). The van der Waals surface area contributed by atoms with Crippen LogP contribution in [0.5, 0.6) is 0 Å². The molecule has 0 unspecified atom stereocenters. The third kappa shape index (κ3) is 1.56. The van der Waals surface area contributed by atoms with E-state index in [-0.39, 0.29) is 6.42 Å². The molecule has 0 fully saturated rings. The van der Waals surface area contributed by atoms with Gasteiger partial charge >= 0.3 is 5.97 Å².